The van der Waals surface area contributed by atoms with Gasteiger partial charge >= 0.3 is 7.82 Å². The second kappa shape index (κ2) is 28.7. The van der Waals surface area contributed by atoms with Gasteiger partial charge in [0.15, 0.2) is 0 Å². The molecule has 298 valence electrons. The van der Waals surface area contributed by atoms with Crippen LogP contribution in [0.15, 0.2) is 0 Å². The summed E-state index contributed by atoms with van der Waals surface area (Å²) in [4.78, 5) is 46.2. The second-order valence-electron chi connectivity index (χ2n) is 17.7. The van der Waals surface area contributed by atoms with Crippen LogP contribution in [0.25, 0.3) is 0 Å². The van der Waals surface area contributed by atoms with Crippen LogP contribution in [0.4, 0.5) is 0 Å². The molecule has 0 aliphatic rings. The molecule has 0 rings (SSSR count). The summed E-state index contributed by atoms with van der Waals surface area (Å²) < 4.78 is 15.9. The van der Waals surface area contributed by atoms with Crippen molar-refractivity contribution in [2.75, 3.05) is 13.2 Å². The molecule has 0 aromatic heterocycles. The summed E-state index contributed by atoms with van der Waals surface area (Å²) >= 11 is 0. The number of imide groups is 1. The van der Waals surface area contributed by atoms with Crippen LogP contribution in [0.3, 0.4) is 0 Å². The first-order chi connectivity index (χ1) is 23.4. The first-order valence-electron chi connectivity index (χ1n) is 20.9. The fourth-order valence-electron chi connectivity index (χ4n) is 7.25. The van der Waals surface area contributed by atoms with Crippen LogP contribution in [0, 0.1) is 47.3 Å². The van der Waals surface area contributed by atoms with E-state index in [1.54, 1.807) is 0 Å². The third-order valence-corrected chi connectivity index (χ3v) is 11.3. The zero-order valence-electron chi connectivity index (χ0n) is 34.6. The van der Waals surface area contributed by atoms with Crippen LogP contribution in [-0.2, 0) is 18.7 Å². The van der Waals surface area contributed by atoms with E-state index in [9.17, 15) is 14.2 Å². The van der Waals surface area contributed by atoms with Gasteiger partial charge in [0.2, 0.25) is 11.8 Å². The summed E-state index contributed by atoms with van der Waals surface area (Å²) in [6.07, 6.45) is 22.4. The molecule has 7 nitrogen and oxygen atoms in total. The zero-order valence-corrected chi connectivity index (χ0v) is 35.5. The SMILES string of the molecule is CC(C)CCCC(C)CCCC(C)CCCC(C)CC(=O)N(CCOP(=O)(O)O)C(=O)CC(C)CCCC(C)CCCC(C)CCCC(C)C. The van der Waals surface area contributed by atoms with Crippen LogP contribution in [0.1, 0.15) is 198 Å². The van der Waals surface area contributed by atoms with Gasteiger partial charge in [-0.3, -0.25) is 19.0 Å². The van der Waals surface area contributed by atoms with E-state index in [2.05, 4.69) is 73.8 Å². The Hall–Kier alpha value is -0.750. The molecule has 0 aliphatic heterocycles. The monoisotopic (exact) mass is 730 g/mol. The van der Waals surface area contributed by atoms with E-state index in [1.165, 1.54) is 81.9 Å². The van der Waals surface area contributed by atoms with Crippen molar-refractivity contribution in [1.29, 1.82) is 0 Å². The van der Waals surface area contributed by atoms with Crippen molar-refractivity contribution < 1.29 is 28.5 Å². The molecule has 0 aromatic rings. The van der Waals surface area contributed by atoms with E-state index in [1.807, 2.05) is 0 Å². The Kier molecular flexibility index (Phi) is 28.3. The number of carbonyl (C=O) groups is 2. The smallest absolute Gasteiger partial charge is 0.303 e. The molecular formula is C42H84NO6P. The predicted octanol–water partition coefficient (Wildman–Crippen LogP) is 12.4. The lowest BCUT2D eigenvalue weighted by Gasteiger charge is -2.24. The van der Waals surface area contributed by atoms with Gasteiger partial charge in [-0.2, -0.15) is 0 Å². The highest BCUT2D eigenvalue weighted by atomic mass is 31.2. The highest BCUT2D eigenvalue weighted by molar-refractivity contribution is 7.46. The Morgan fingerprint density at radius 1 is 0.480 bits per heavy atom. The van der Waals surface area contributed by atoms with Gasteiger partial charge in [0, 0.05) is 12.8 Å². The fourth-order valence-corrected chi connectivity index (χ4v) is 7.57. The zero-order chi connectivity index (χ0) is 38.1. The van der Waals surface area contributed by atoms with E-state index in [-0.39, 0.29) is 49.6 Å². The maximum absolute atomic E-state index is 13.3. The number of phosphoric ester groups is 1. The van der Waals surface area contributed by atoms with Gasteiger partial charge in [0.1, 0.15) is 0 Å². The van der Waals surface area contributed by atoms with Crippen LogP contribution in [-0.4, -0.2) is 39.7 Å². The highest BCUT2D eigenvalue weighted by Gasteiger charge is 2.26. The molecule has 0 bridgehead atoms. The number of nitrogens with zero attached hydrogens (tertiary/aromatic N) is 1. The van der Waals surface area contributed by atoms with Crippen molar-refractivity contribution in [3.63, 3.8) is 0 Å². The van der Waals surface area contributed by atoms with Crippen molar-refractivity contribution in [2.45, 2.75) is 198 Å². The van der Waals surface area contributed by atoms with Crippen molar-refractivity contribution in [1.82, 2.24) is 4.90 Å². The van der Waals surface area contributed by atoms with Crippen molar-refractivity contribution in [3.8, 4) is 0 Å². The van der Waals surface area contributed by atoms with Crippen LogP contribution < -0.4 is 0 Å². The van der Waals surface area contributed by atoms with Gasteiger partial charge in [0.25, 0.3) is 0 Å². The molecular weight excluding hydrogens is 645 g/mol. The van der Waals surface area contributed by atoms with Crippen LogP contribution in [0.5, 0.6) is 0 Å². The molecule has 0 aliphatic carbocycles. The minimum Gasteiger partial charge on any atom is -0.303 e. The molecule has 0 saturated carbocycles. The average Bonchev–Trinajstić information content (AvgIpc) is 2.98. The van der Waals surface area contributed by atoms with Gasteiger partial charge < -0.3 is 9.79 Å². The summed E-state index contributed by atoms with van der Waals surface area (Å²) in [7, 11) is -4.68. The maximum Gasteiger partial charge on any atom is 0.469 e. The molecule has 0 fully saturated rings. The van der Waals surface area contributed by atoms with Crippen molar-refractivity contribution in [2.24, 2.45) is 47.3 Å². The Bertz CT molecular complexity index is 847. The number of amides is 2. The Morgan fingerprint density at radius 2 is 0.740 bits per heavy atom. The molecule has 6 atom stereocenters. The third kappa shape index (κ3) is 29.8. The van der Waals surface area contributed by atoms with Gasteiger partial charge in [-0.15, -0.1) is 0 Å². The summed E-state index contributed by atoms with van der Waals surface area (Å²) in [6, 6.07) is 0. The van der Waals surface area contributed by atoms with E-state index in [0.29, 0.717) is 11.8 Å². The van der Waals surface area contributed by atoms with E-state index in [4.69, 9.17) is 9.79 Å². The predicted molar refractivity (Wildman–Crippen MR) is 212 cm³/mol. The number of hydrogen-bond donors (Lipinski definition) is 2. The summed E-state index contributed by atoms with van der Waals surface area (Å²) in [5, 5.41) is 0. The minimum atomic E-state index is -4.68. The summed E-state index contributed by atoms with van der Waals surface area (Å²) in [6.45, 7) is 22.3. The van der Waals surface area contributed by atoms with Crippen LogP contribution in [0.2, 0.25) is 0 Å². The maximum atomic E-state index is 13.3. The Labute approximate surface area is 310 Å². The van der Waals surface area contributed by atoms with E-state index < -0.39 is 7.82 Å². The van der Waals surface area contributed by atoms with Gasteiger partial charge in [-0.1, -0.05) is 185 Å². The normalized spacial score (nSPS) is 16.0. The number of rotatable bonds is 32. The molecule has 2 amide bonds. The van der Waals surface area contributed by atoms with Crippen molar-refractivity contribution in [3.05, 3.63) is 0 Å². The number of phosphoric acid groups is 1. The topological polar surface area (TPSA) is 104 Å². The number of carbonyl (C=O) groups excluding carboxylic acids is 2. The van der Waals surface area contributed by atoms with Crippen LogP contribution >= 0.6 is 7.82 Å². The minimum absolute atomic E-state index is 0.135. The Balaban J connectivity index is 4.63. The lowest BCUT2D eigenvalue weighted by atomic mass is 9.90. The molecule has 8 heteroatoms. The third-order valence-electron chi connectivity index (χ3n) is 10.8. The standard InChI is InChI=1S/C42H84NO6P/c1-33(2)17-11-19-35(5)21-13-23-37(7)25-15-27-39(9)31-41(44)43(29-30-49-50(46,47)48)42(45)32-40(10)28-16-26-38(8)24-14-22-36(6)20-12-18-34(3)4/h33-40H,11-32H2,1-10H3,(H2,46,47,48). The molecule has 2 N–H and O–H groups in total. The average molecular weight is 730 g/mol. The lowest BCUT2D eigenvalue weighted by Crippen LogP contribution is -2.40. The molecule has 0 saturated heterocycles. The van der Waals surface area contributed by atoms with Gasteiger partial charge in [0.05, 0.1) is 13.2 Å². The molecule has 0 aromatic carbocycles. The summed E-state index contributed by atoms with van der Waals surface area (Å²) in [5.74, 6) is 4.25. The van der Waals surface area contributed by atoms with Gasteiger partial charge in [-0.05, 0) is 47.3 Å². The second-order valence-corrected chi connectivity index (χ2v) is 18.9. The van der Waals surface area contributed by atoms with Crippen molar-refractivity contribution >= 4 is 19.6 Å². The lowest BCUT2D eigenvalue weighted by molar-refractivity contribution is -0.146. The quantitative estimate of drug-likeness (QED) is 0.0668. The Morgan fingerprint density at radius 3 is 1.00 bits per heavy atom. The first kappa shape index (κ1) is 49.2. The largest absolute Gasteiger partial charge is 0.469 e. The summed E-state index contributed by atoms with van der Waals surface area (Å²) in [5.41, 5.74) is 0. The molecule has 0 heterocycles. The fraction of sp³-hybridized carbons (Fsp3) is 0.952. The van der Waals surface area contributed by atoms with E-state index >= 15 is 0 Å². The van der Waals surface area contributed by atoms with E-state index in [0.717, 1.165) is 62.2 Å². The number of hydrogen-bond acceptors (Lipinski definition) is 4. The highest BCUT2D eigenvalue weighted by Crippen LogP contribution is 2.35. The molecule has 0 spiro atoms. The first-order valence-corrected chi connectivity index (χ1v) is 22.5. The molecule has 0 radical (unpaired) electrons. The molecule has 50 heavy (non-hydrogen) atoms. The van der Waals surface area contributed by atoms with Gasteiger partial charge in [-0.25, -0.2) is 4.57 Å². The molecule has 6 unspecified atom stereocenters.